The Morgan fingerprint density at radius 1 is 0.969 bits per heavy atom. The summed E-state index contributed by atoms with van der Waals surface area (Å²) in [7, 11) is -3.96. The second-order valence-electron chi connectivity index (χ2n) is 7.69. The SMILES string of the molecule is CCc1ccc([C@H](C)NC(=O)CN(c2ccc(Cl)cc2)S(=O)(=O)c2ccc(C)cc2)cc1. The molecule has 0 aliphatic rings. The summed E-state index contributed by atoms with van der Waals surface area (Å²) in [6.07, 6.45) is 0.938. The fourth-order valence-electron chi connectivity index (χ4n) is 3.30. The molecule has 0 heterocycles. The van der Waals surface area contributed by atoms with Gasteiger partial charge in [0.15, 0.2) is 0 Å². The van der Waals surface area contributed by atoms with Gasteiger partial charge in [-0.1, -0.05) is 60.5 Å². The van der Waals surface area contributed by atoms with Crippen LogP contribution in [0.4, 0.5) is 5.69 Å². The topological polar surface area (TPSA) is 66.5 Å². The third-order valence-electron chi connectivity index (χ3n) is 5.28. The maximum atomic E-state index is 13.4. The number of sulfonamides is 1. The number of hydrogen-bond acceptors (Lipinski definition) is 3. The molecule has 0 radical (unpaired) electrons. The van der Waals surface area contributed by atoms with E-state index in [1.807, 2.05) is 38.1 Å². The minimum atomic E-state index is -3.96. The normalized spacial score (nSPS) is 12.2. The number of aryl methyl sites for hydroxylation is 2. The third-order valence-corrected chi connectivity index (χ3v) is 7.32. The van der Waals surface area contributed by atoms with E-state index in [9.17, 15) is 13.2 Å². The molecule has 0 aliphatic heterocycles. The van der Waals surface area contributed by atoms with Crippen LogP contribution in [0.15, 0.2) is 77.7 Å². The molecule has 0 unspecified atom stereocenters. The third kappa shape index (κ3) is 5.69. The Morgan fingerprint density at radius 2 is 1.56 bits per heavy atom. The van der Waals surface area contributed by atoms with Crippen LogP contribution in [-0.4, -0.2) is 20.9 Å². The van der Waals surface area contributed by atoms with Crippen LogP contribution < -0.4 is 9.62 Å². The first-order chi connectivity index (χ1) is 15.2. The Kier molecular flexibility index (Phi) is 7.59. The van der Waals surface area contributed by atoms with Crippen LogP contribution in [0.3, 0.4) is 0 Å². The van der Waals surface area contributed by atoms with E-state index in [4.69, 9.17) is 11.6 Å². The van der Waals surface area contributed by atoms with Crippen molar-refractivity contribution in [2.45, 2.75) is 38.1 Å². The minimum absolute atomic E-state index is 0.119. The first-order valence-electron chi connectivity index (χ1n) is 10.4. The summed E-state index contributed by atoms with van der Waals surface area (Å²) >= 11 is 5.98. The lowest BCUT2D eigenvalue weighted by Gasteiger charge is -2.25. The fraction of sp³-hybridized carbons (Fsp3) is 0.240. The number of nitrogens with zero attached hydrogens (tertiary/aromatic N) is 1. The van der Waals surface area contributed by atoms with Gasteiger partial charge in [0.2, 0.25) is 5.91 Å². The molecule has 0 aromatic heterocycles. The van der Waals surface area contributed by atoms with Crippen molar-refractivity contribution in [3.05, 3.63) is 94.5 Å². The molecule has 0 bridgehead atoms. The van der Waals surface area contributed by atoms with Gasteiger partial charge in [-0.3, -0.25) is 9.10 Å². The maximum absolute atomic E-state index is 13.4. The van der Waals surface area contributed by atoms with Crippen LogP contribution in [-0.2, 0) is 21.2 Å². The number of benzene rings is 3. The highest BCUT2D eigenvalue weighted by Gasteiger charge is 2.27. The van der Waals surface area contributed by atoms with E-state index in [-0.39, 0.29) is 17.5 Å². The number of hydrogen-bond donors (Lipinski definition) is 1. The Balaban J connectivity index is 1.85. The molecule has 3 aromatic rings. The summed E-state index contributed by atoms with van der Waals surface area (Å²) in [5.41, 5.74) is 3.48. The molecule has 1 amide bonds. The van der Waals surface area contributed by atoms with Gasteiger partial charge >= 0.3 is 0 Å². The van der Waals surface area contributed by atoms with Crippen LogP contribution in [0.25, 0.3) is 0 Å². The van der Waals surface area contributed by atoms with Gasteiger partial charge < -0.3 is 5.32 Å². The van der Waals surface area contributed by atoms with Gasteiger partial charge in [-0.2, -0.15) is 0 Å². The second kappa shape index (κ2) is 10.2. The predicted molar refractivity (Wildman–Crippen MR) is 130 cm³/mol. The van der Waals surface area contributed by atoms with Crippen molar-refractivity contribution in [2.24, 2.45) is 0 Å². The zero-order chi connectivity index (χ0) is 23.3. The first-order valence-corrected chi connectivity index (χ1v) is 12.3. The molecule has 0 saturated carbocycles. The minimum Gasteiger partial charge on any atom is -0.348 e. The molecule has 1 atom stereocenters. The van der Waals surface area contributed by atoms with E-state index < -0.39 is 15.9 Å². The summed E-state index contributed by atoms with van der Waals surface area (Å²) in [6, 6.07) is 20.7. The smallest absolute Gasteiger partial charge is 0.264 e. The average molecular weight is 471 g/mol. The van der Waals surface area contributed by atoms with Crippen LogP contribution in [0.2, 0.25) is 5.02 Å². The lowest BCUT2D eigenvalue weighted by molar-refractivity contribution is -0.120. The number of nitrogens with one attached hydrogen (secondary N) is 1. The highest BCUT2D eigenvalue weighted by atomic mass is 35.5. The molecule has 0 aliphatic carbocycles. The van der Waals surface area contributed by atoms with E-state index in [0.29, 0.717) is 10.7 Å². The molecular formula is C25H27ClN2O3S. The van der Waals surface area contributed by atoms with Gasteiger partial charge in [-0.05, 0) is 67.8 Å². The molecule has 7 heteroatoms. The number of carbonyl (C=O) groups excluding carboxylic acids is 1. The van der Waals surface area contributed by atoms with E-state index in [1.54, 1.807) is 48.5 Å². The summed E-state index contributed by atoms with van der Waals surface area (Å²) in [5.74, 6) is -0.400. The Labute approximate surface area is 195 Å². The van der Waals surface area contributed by atoms with Crippen molar-refractivity contribution in [2.75, 3.05) is 10.8 Å². The highest BCUT2D eigenvalue weighted by molar-refractivity contribution is 7.92. The van der Waals surface area contributed by atoms with Crippen molar-refractivity contribution >= 4 is 33.2 Å². The Hall–Kier alpha value is -2.83. The van der Waals surface area contributed by atoms with E-state index >= 15 is 0 Å². The lowest BCUT2D eigenvalue weighted by Crippen LogP contribution is -2.41. The molecule has 0 spiro atoms. The molecule has 32 heavy (non-hydrogen) atoms. The lowest BCUT2D eigenvalue weighted by atomic mass is 10.1. The maximum Gasteiger partial charge on any atom is 0.264 e. The van der Waals surface area contributed by atoms with Gasteiger partial charge in [0.05, 0.1) is 16.6 Å². The van der Waals surface area contributed by atoms with Crippen molar-refractivity contribution in [3.63, 3.8) is 0 Å². The number of halogens is 1. The number of anilines is 1. The number of amides is 1. The summed E-state index contributed by atoms with van der Waals surface area (Å²) < 4.78 is 27.9. The van der Waals surface area contributed by atoms with Crippen molar-refractivity contribution < 1.29 is 13.2 Å². The second-order valence-corrected chi connectivity index (χ2v) is 9.98. The molecule has 1 N–H and O–H groups in total. The van der Waals surface area contributed by atoms with Crippen molar-refractivity contribution in [1.29, 1.82) is 0 Å². The van der Waals surface area contributed by atoms with Gasteiger partial charge in [0.1, 0.15) is 6.54 Å². The van der Waals surface area contributed by atoms with Crippen LogP contribution in [0, 0.1) is 6.92 Å². The largest absolute Gasteiger partial charge is 0.348 e. The van der Waals surface area contributed by atoms with E-state index in [0.717, 1.165) is 21.9 Å². The zero-order valence-electron chi connectivity index (χ0n) is 18.4. The first kappa shape index (κ1) is 23.8. The van der Waals surface area contributed by atoms with E-state index in [1.165, 1.54) is 5.56 Å². The van der Waals surface area contributed by atoms with Gasteiger partial charge in [-0.15, -0.1) is 0 Å². The molecular weight excluding hydrogens is 444 g/mol. The summed E-state index contributed by atoms with van der Waals surface area (Å²) in [5, 5.41) is 3.39. The standard InChI is InChI=1S/C25H27ClN2O3S/c1-4-20-7-9-21(10-8-20)19(3)27-25(29)17-28(23-13-11-22(26)12-14-23)32(30,31)24-15-5-18(2)6-16-24/h5-16,19H,4,17H2,1-3H3,(H,27,29)/t19-/m0/s1. The van der Waals surface area contributed by atoms with Crippen LogP contribution in [0.5, 0.6) is 0 Å². The number of rotatable bonds is 8. The molecule has 0 saturated heterocycles. The van der Waals surface area contributed by atoms with E-state index in [2.05, 4.69) is 12.2 Å². The summed E-state index contributed by atoms with van der Waals surface area (Å²) in [4.78, 5) is 13.0. The van der Waals surface area contributed by atoms with Crippen molar-refractivity contribution in [1.82, 2.24) is 5.32 Å². The molecule has 0 fully saturated rings. The van der Waals surface area contributed by atoms with Gasteiger partial charge in [0, 0.05) is 5.02 Å². The van der Waals surface area contributed by atoms with Gasteiger partial charge in [-0.25, -0.2) is 8.42 Å². The predicted octanol–water partition coefficient (Wildman–Crippen LogP) is 5.28. The van der Waals surface area contributed by atoms with Crippen LogP contribution in [0.1, 0.15) is 36.6 Å². The Morgan fingerprint density at radius 3 is 2.12 bits per heavy atom. The van der Waals surface area contributed by atoms with Gasteiger partial charge in [0.25, 0.3) is 10.0 Å². The highest BCUT2D eigenvalue weighted by Crippen LogP contribution is 2.25. The fourth-order valence-corrected chi connectivity index (χ4v) is 4.85. The molecule has 5 nitrogen and oxygen atoms in total. The molecule has 168 valence electrons. The Bertz CT molecular complexity index is 1160. The quantitative estimate of drug-likeness (QED) is 0.486. The monoisotopic (exact) mass is 470 g/mol. The van der Waals surface area contributed by atoms with Crippen molar-refractivity contribution in [3.8, 4) is 0 Å². The zero-order valence-corrected chi connectivity index (χ0v) is 20.0. The molecule has 3 aromatic carbocycles. The average Bonchev–Trinajstić information content (AvgIpc) is 2.78. The summed E-state index contributed by atoms with van der Waals surface area (Å²) in [6.45, 7) is 5.49. The van der Waals surface area contributed by atoms with Crippen LogP contribution >= 0.6 is 11.6 Å². The molecule has 3 rings (SSSR count). The number of carbonyl (C=O) groups is 1.